The maximum Gasteiger partial charge on any atom is 0.150 e. The number of aryl methyl sites for hydroxylation is 1. The smallest absolute Gasteiger partial charge is 0.150 e. The molecule has 1 rings (SSSR count). The number of hydrogen-bond acceptors (Lipinski definition) is 1. The van der Waals surface area contributed by atoms with E-state index >= 15 is 0 Å². The zero-order chi connectivity index (χ0) is 8.97. The lowest BCUT2D eigenvalue weighted by Gasteiger charge is -2.01. The van der Waals surface area contributed by atoms with Gasteiger partial charge in [0.15, 0.2) is 0 Å². The van der Waals surface area contributed by atoms with Crippen molar-refractivity contribution in [3.63, 3.8) is 0 Å². The predicted molar refractivity (Wildman–Crippen MR) is 51.3 cm³/mol. The quantitative estimate of drug-likeness (QED) is 0.545. The van der Waals surface area contributed by atoms with Crippen molar-refractivity contribution in [2.75, 3.05) is 5.88 Å². The number of rotatable bonds is 3. The molecule has 0 bridgehead atoms. The molecule has 0 saturated heterocycles. The summed E-state index contributed by atoms with van der Waals surface area (Å²) in [5.74, 6) is 0.501. The summed E-state index contributed by atoms with van der Waals surface area (Å²) < 4.78 is 0. The summed E-state index contributed by atoms with van der Waals surface area (Å²) in [7, 11) is 0. The van der Waals surface area contributed by atoms with Crippen LogP contribution in [0.5, 0.6) is 0 Å². The second kappa shape index (κ2) is 4.48. The van der Waals surface area contributed by atoms with Crippen LogP contribution in [-0.4, -0.2) is 12.2 Å². The van der Waals surface area contributed by atoms with E-state index in [4.69, 9.17) is 23.2 Å². The van der Waals surface area contributed by atoms with E-state index in [1.54, 1.807) is 18.2 Å². The van der Waals surface area contributed by atoms with Gasteiger partial charge >= 0.3 is 0 Å². The molecule has 0 fully saturated rings. The summed E-state index contributed by atoms with van der Waals surface area (Å²) in [6, 6.07) is 5.17. The lowest BCUT2D eigenvalue weighted by Crippen LogP contribution is -1.93. The van der Waals surface area contributed by atoms with Crippen LogP contribution >= 0.6 is 23.2 Å². The Labute approximate surface area is 81.3 Å². The number of aldehydes is 1. The number of halogens is 2. The number of hydrogen-bond donors (Lipinski definition) is 0. The molecule has 0 aromatic heterocycles. The van der Waals surface area contributed by atoms with Gasteiger partial charge in [-0.3, -0.25) is 4.79 Å². The Morgan fingerprint density at radius 1 is 1.42 bits per heavy atom. The van der Waals surface area contributed by atoms with Crippen LogP contribution < -0.4 is 0 Å². The largest absolute Gasteiger partial charge is 0.298 e. The van der Waals surface area contributed by atoms with E-state index in [1.165, 1.54) is 0 Å². The summed E-state index contributed by atoms with van der Waals surface area (Å²) in [5, 5.41) is 0.640. The first-order chi connectivity index (χ1) is 5.77. The van der Waals surface area contributed by atoms with Crippen LogP contribution in [0.3, 0.4) is 0 Å². The van der Waals surface area contributed by atoms with Crippen molar-refractivity contribution in [2.45, 2.75) is 6.42 Å². The molecule has 0 aliphatic carbocycles. The van der Waals surface area contributed by atoms with Gasteiger partial charge in [0.05, 0.1) is 0 Å². The lowest BCUT2D eigenvalue weighted by molar-refractivity contribution is 0.112. The van der Waals surface area contributed by atoms with Crippen LogP contribution in [0.2, 0.25) is 5.02 Å². The molecule has 0 unspecified atom stereocenters. The molecule has 0 amide bonds. The maximum absolute atomic E-state index is 10.5. The first kappa shape index (κ1) is 9.56. The van der Waals surface area contributed by atoms with Crippen LogP contribution in [0.1, 0.15) is 15.9 Å². The van der Waals surface area contributed by atoms with Gasteiger partial charge in [0.2, 0.25) is 0 Å². The van der Waals surface area contributed by atoms with Crippen LogP contribution in [0, 0.1) is 0 Å². The van der Waals surface area contributed by atoms with Gasteiger partial charge in [-0.05, 0) is 30.2 Å². The molecule has 1 nitrogen and oxygen atoms in total. The third-order valence-electron chi connectivity index (χ3n) is 1.60. The normalized spacial score (nSPS) is 9.83. The zero-order valence-corrected chi connectivity index (χ0v) is 7.90. The van der Waals surface area contributed by atoms with Crippen molar-refractivity contribution in [3.05, 3.63) is 34.3 Å². The summed E-state index contributed by atoms with van der Waals surface area (Å²) >= 11 is 11.3. The molecule has 12 heavy (non-hydrogen) atoms. The van der Waals surface area contributed by atoms with Crippen LogP contribution in [-0.2, 0) is 6.42 Å². The summed E-state index contributed by atoms with van der Waals surface area (Å²) in [6.07, 6.45) is 1.49. The fourth-order valence-electron chi connectivity index (χ4n) is 1.01. The van der Waals surface area contributed by atoms with Crippen molar-refractivity contribution in [2.24, 2.45) is 0 Å². The average molecular weight is 203 g/mol. The summed E-state index contributed by atoms with van der Waals surface area (Å²) in [4.78, 5) is 10.5. The Bertz CT molecular complexity index is 284. The first-order valence-corrected chi connectivity index (χ1v) is 4.48. The highest BCUT2D eigenvalue weighted by molar-refractivity contribution is 6.30. The van der Waals surface area contributed by atoms with Crippen molar-refractivity contribution >= 4 is 29.5 Å². The minimum absolute atomic E-state index is 0.501. The third kappa shape index (κ3) is 2.23. The minimum atomic E-state index is 0.501. The molecule has 0 saturated carbocycles. The molecule has 0 radical (unpaired) electrons. The average Bonchev–Trinajstić information content (AvgIpc) is 2.05. The van der Waals surface area contributed by atoms with Gasteiger partial charge in [0.1, 0.15) is 6.29 Å². The van der Waals surface area contributed by atoms with Gasteiger partial charge in [-0.15, -0.1) is 11.6 Å². The van der Waals surface area contributed by atoms with E-state index in [0.29, 0.717) is 22.9 Å². The number of alkyl halides is 1. The number of benzene rings is 1. The van der Waals surface area contributed by atoms with Gasteiger partial charge in [-0.2, -0.15) is 0 Å². The molecule has 64 valence electrons. The SMILES string of the molecule is O=Cc1ccc(Cl)cc1CCCl. The van der Waals surface area contributed by atoms with Gasteiger partial charge in [-0.25, -0.2) is 0 Å². The van der Waals surface area contributed by atoms with E-state index in [0.717, 1.165) is 11.8 Å². The van der Waals surface area contributed by atoms with Crippen LogP contribution in [0.4, 0.5) is 0 Å². The Kier molecular flexibility index (Phi) is 3.57. The molecule has 0 N–H and O–H groups in total. The van der Waals surface area contributed by atoms with Crippen LogP contribution in [0.25, 0.3) is 0 Å². The van der Waals surface area contributed by atoms with E-state index in [1.807, 2.05) is 0 Å². The Morgan fingerprint density at radius 2 is 2.17 bits per heavy atom. The second-order valence-electron chi connectivity index (χ2n) is 2.40. The highest BCUT2D eigenvalue weighted by atomic mass is 35.5. The molecule has 0 spiro atoms. The Balaban J connectivity index is 3.03. The highest BCUT2D eigenvalue weighted by Gasteiger charge is 2.01. The molecule has 1 aromatic rings. The molecular formula is C9H8Cl2O. The molecule has 3 heteroatoms. The van der Waals surface area contributed by atoms with Gasteiger partial charge in [-0.1, -0.05) is 11.6 Å². The van der Waals surface area contributed by atoms with Gasteiger partial charge in [0.25, 0.3) is 0 Å². The maximum atomic E-state index is 10.5. The number of carbonyl (C=O) groups is 1. The van der Waals surface area contributed by atoms with E-state index in [9.17, 15) is 4.79 Å². The fourth-order valence-corrected chi connectivity index (χ4v) is 1.41. The Morgan fingerprint density at radius 3 is 2.75 bits per heavy atom. The second-order valence-corrected chi connectivity index (χ2v) is 3.21. The Hall–Kier alpha value is -0.530. The fraction of sp³-hybridized carbons (Fsp3) is 0.222. The molecule has 0 aliphatic rings. The topological polar surface area (TPSA) is 17.1 Å². The molecule has 1 aromatic carbocycles. The van der Waals surface area contributed by atoms with E-state index in [2.05, 4.69) is 0 Å². The van der Waals surface area contributed by atoms with E-state index < -0.39 is 0 Å². The first-order valence-electron chi connectivity index (χ1n) is 3.57. The predicted octanol–water partition coefficient (Wildman–Crippen LogP) is 2.93. The minimum Gasteiger partial charge on any atom is -0.298 e. The molecule has 0 aliphatic heterocycles. The number of carbonyl (C=O) groups excluding carboxylic acids is 1. The summed E-state index contributed by atoms with van der Waals surface area (Å²) in [6.45, 7) is 0. The lowest BCUT2D eigenvalue weighted by atomic mass is 10.1. The zero-order valence-electron chi connectivity index (χ0n) is 6.39. The summed E-state index contributed by atoms with van der Waals surface area (Å²) in [5.41, 5.74) is 1.58. The van der Waals surface area contributed by atoms with Crippen molar-refractivity contribution in [1.29, 1.82) is 0 Å². The third-order valence-corrected chi connectivity index (χ3v) is 2.02. The van der Waals surface area contributed by atoms with Gasteiger partial charge < -0.3 is 0 Å². The molecule has 0 heterocycles. The van der Waals surface area contributed by atoms with Crippen LogP contribution in [0.15, 0.2) is 18.2 Å². The van der Waals surface area contributed by atoms with Crippen molar-refractivity contribution < 1.29 is 4.79 Å². The standard InChI is InChI=1S/C9H8Cl2O/c10-4-3-7-5-9(11)2-1-8(7)6-12/h1-2,5-6H,3-4H2. The molecular weight excluding hydrogens is 195 g/mol. The highest BCUT2D eigenvalue weighted by Crippen LogP contribution is 2.15. The van der Waals surface area contributed by atoms with Crippen molar-refractivity contribution in [3.8, 4) is 0 Å². The monoisotopic (exact) mass is 202 g/mol. The van der Waals surface area contributed by atoms with Gasteiger partial charge in [0, 0.05) is 16.5 Å². The van der Waals surface area contributed by atoms with Crippen molar-refractivity contribution in [1.82, 2.24) is 0 Å². The van der Waals surface area contributed by atoms with E-state index in [-0.39, 0.29) is 0 Å². The molecule has 0 atom stereocenters.